The normalized spacial score (nSPS) is 14.7. The maximum Gasteiger partial charge on any atom is 0.273 e. The first-order valence-corrected chi connectivity index (χ1v) is 9.07. The lowest BCUT2D eigenvalue weighted by Crippen LogP contribution is -2.43. The molecule has 0 atom stereocenters. The summed E-state index contributed by atoms with van der Waals surface area (Å²) in [7, 11) is 0. The minimum atomic E-state index is -0.470. The highest BCUT2D eigenvalue weighted by molar-refractivity contribution is 6.30. The number of aromatic nitrogens is 1. The summed E-state index contributed by atoms with van der Waals surface area (Å²) in [5, 5.41) is 9.67. The number of nitrogens with zero attached hydrogens (tertiary/aromatic N) is 2. The molecule has 8 nitrogen and oxygen atoms in total. The van der Waals surface area contributed by atoms with Gasteiger partial charge in [-0.1, -0.05) is 16.8 Å². The van der Waals surface area contributed by atoms with Gasteiger partial charge in [0, 0.05) is 42.8 Å². The van der Waals surface area contributed by atoms with Gasteiger partial charge in [-0.25, -0.2) is 0 Å². The first kappa shape index (κ1) is 19.3. The van der Waals surface area contributed by atoms with Crippen LogP contribution >= 0.6 is 11.6 Å². The number of ether oxygens (including phenoxy) is 1. The maximum absolute atomic E-state index is 12.1. The van der Waals surface area contributed by atoms with Gasteiger partial charge < -0.3 is 19.9 Å². The summed E-state index contributed by atoms with van der Waals surface area (Å²) in [5.74, 6) is -0.271. The lowest BCUT2D eigenvalue weighted by Gasteiger charge is -2.26. The van der Waals surface area contributed by atoms with E-state index in [-0.39, 0.29) is 18.1 Å². The van der Waals surface area contributed by atoms with Gasteiger partial charge >= 0.3 is 0 Å². The molecule has 1 aromatic carbocycles. The molecule has 0 radical (unpaired) electrons. The second-order valence-corrected chi connectivity index (χ2v) is 6.51. The van der Waals surface area contributed by atoms with Crippen LogP contribution in [0.5, 0.6) is 0 Å². The minimum Gasteiger partial charge on any atom is -0.379 e. The second kappa shape index (κ2) is 9.50. The predicted molar refractivity (Wildman–Crippen MR) is 99.6 cm³/mol. The number of hydrogen-bond acceptors (Lipinski definition) is 6. The smallest absolute Gasteiger partial charge is 0.273 e. The zero-order valence-electron chi connectivity index (χ0n) is 14.7. The lowest BCUT2D eigenvalue weighted by molar-refractivity contribution is -0.120. The molecular formula is C18H21ClN4O4. The van der Waals surface area contributed by atoms with Gasteiger partial charge in [-0.05, 0) is 24.3 Å². The van der Waals surface area contributed by atoms with Gasteiger partial charge in [-0.2, -0.15) is 0 Å². The second-order valence-electron chi connectivity index (χ2n) is 6.07. The van der Waals surface area contributed by atoms with Crippen LogP contribution in [0.3, 0.4) is 0 Å². The number of nitrogens with one attached hydrogen (secondary N) is 2. The summed E-state index contributed by atoms with van der Waals surface area (Å²) in [6, 6.07) is 8.51. The molecule has 2 aromatic rings. The van der Waals surface area contributed by atoms with Gasteiger partial charge in [0.15, 0.2) is 11.5 Å². The van der Waals surface area contributed by atoms with Crippen molar-refractivity contribution in [3.05, 3.63) is 41.0 Å². The molecule has 1 saturated heterocycles. The highest BCUT2D eigenvalue weighted by Gasteiger charge is 2.15. The van der Waals surface area contributed by atoms with Crippen LogP contribution in [0.4, 0.5) is 0 Å². The minimum absolute atomic E-state index is 0.112. The molecule has 9 heteroatoms. The molecular weight excluding hydrogens is 372 g/mol. The third kappa shape index (κ3) is 5.78. The van der Waals surface area contributed by atoms with E-state index in [1.807, 2.05) is 0 Å². The van der Waals surface area contributed by atoms with Crippen LogP contribution in [-0.4, -0.2) is 67.8 Å². The van der Waals surface area contributed by atoms with Crippen molar-refractivity contribution in [2.75, 3.05) is 45.9 Å². The van der Waals surface area contributed by atoms with E-state index in [0.29, 0.717) is 17.3 Å². The largest absolute Gasteiger partial charge is 0.379 e. The molecule has 27 heavy (non-hydrogen) atoms. The Kier molecular flexibility index (Phi) is 6.80. The van der Waals surface area contributed by atoms with E-state index in [2.05, 4.69) is 20.7 Å². The quantitative estimate of drug-likeness (QED) is 0.734. The Morgan fingerprint density at radius 1 is 1.15 bits per heavy atom. The fraction of sp³-hybridized carbons (Fsp3) is 0.389. The zero-order chi connectivity index (χ0) is 19.1. The van der Waals surface area contributed by atoms with Crippen molar-refractivity contribution in [2.24, 2.45) is 0 Å². The SMILES string of the molecule is O=C(CNC(=O)c1cc(-c2ccc(Cl)cc2)on1)NCCN1CCOCC1. The lowest BCUT2D eigenvalue weighted by atomic mass is 10.1. The van der Waals surface area contributed by atoms with Gasteiger partial charge in [-0.3, -0.25) is 14.5 Å². The molecule has 0 aliphatic carbocycles. The molecule has 1 aliphatic heterocycles. The summed E-state index contributed by atoms with van der Waals surface area (Å²) in [5.41, 5.74) is 0.868. The standard InChI is InChI=1S/C18H21ClN4O4/c19-14-3-1-13(2-4-14)16-11-15(22-27-16)18(25)21-12-17(24)20-5-6-23-7-9-26-10-8-23/h1-4,11H,5-10,12H2,(H,20,24)(H,21,25). The van der Waals surface area contributed by atoms with Crippen LogP contribution in [-0.2, 0) is 9.53 Å². The summed E-state index contributed by atoms with van der Waals surface area (Å²) in [6.45, 7) is 4.35. The predicted octanol–water partition coefficient (Wildman–Crippen LogP) is 1.17. The Morgan fingerprint density at radius 3 is 2.63 bits per heavy atom. The number of carbonyl (C=O) groups excluding carboxylic acids is 2. The summed E-state index contributed by atoms with van der Waals surface area (Å²) < 4.78 is 10.5. The summed E-state index contributed by atoms with van der Waals surface area (Å²) in [6.07, 6.45) is 0. The van der Waals surface area contributed by atoms with Crippen molar-refractivity contribution in [3.63, 3.8) is 0 Å². The Labute approximate surface area is 161 Å². The van der Waals surface area contributed by atoms with E-state index in [4.69, 9.17) is 20.9 Å². The van der Waals surface area contributed by atoms with Crippen LogP contribution in [0.15, 0.2) is 34.9 Å². The molecule has 144 valence electrons. The molecule has 1 aromatic heterocycles. The topological polar surface area (TPSA) is 96.7 Å². The molecule has 2 amide bonds. The van der Waals surface area contributed by atoms with E-state index in [1.54, 1.807) is 24.3 Å². The third-order valence-electron chi connectivity index (χ3n) is 4.13. The van der Waals surface area contributed by atoms with Crippen molar-refractivity contribution in [3.8, 4) is 11.3 Å². The molecule has 2 N–H and O–H groups in total. The van der Waals surface area contributed by atoms with Gasteiger partial charge in [0.2, 0.25) is 5.91 Å². The number of amides is 2. The van der Waals surface area contributed by atoms with Crippen LogP contribution in [0, 0.1) is 0 Å². The van der Waals surface area contributed by atoms with Gasteiger partial charge in [0.05, 0.1) is 19.8 Å². The highest BCUT2D eigenvalue weighted by Crippen LogP contribution is 2.22. The molecule has 0 spiro atoms. The Morgan fingerprint density at radius 2 is 1.89 bits per heavy atom. The highest BCUT2D eigenvalue weighted by atomic mass is 35.5. The van der Waals surface area contributed by atoms with Crippen molar-refractivity contribution in [2.45, 2.75) is 0 Å². The van der Waals surface area contributed by atoms with Crippen LogP contribution in [0.2, 0.25) is 5.02 Å². The maximum atomic E-state index is 12.1. The molecule has 1 fully saturated rings. The average molecular weight is 393 g/mol. The zero-order valence-corrected chi connectivity index (χ0v) is 15.5. The molecule has 3 rings (SSSR count). The van der Waals surface area contributed by atoms with Crippen LogP contribution in [0.25, 0.3) is 11.3 Å². The van der Waals surface area contributed by atoms with Crippen LogP contribution < -0.4 is 10.6 Å². The fourth-order valence-corrected chi connectivity index (χ4v) is 2.75. The summed E-state index contributed by atoms with van der Waals surface area (Å²) in [4.78, 5) is 26.2. The van der Waals surface area contributed by atoms with E-state index < -0.39 is 5.91 Å². The van der Waals surface area contributed by atoms with Gasteiger partial charge in [-0.15, -0.1) is 0 Å². The Balaban J connectivity index is 1.41. The Hall–Kier alpha value is -2.42. The van der Waals surface area contributed by atoms with Crippen molar-refractivity contribution in [1.82, 2.24) is 20.7 Å². The van der Waals surface area contributed by atoms with Gasteiger partial charge in [0.1, 0.15) is 0 Å². The first-order chi connectivity index (χ1) is 13.1. The van der Waals surface area contributed by atoms with E-state index >= 15 is 0 Å². The average Bonchev–Trinajstić information content (AvgIpc) is 3.18. The van der Waals surface area contributed by atoms with Crippen molar-refractivity contribution < 1.29 is 18.8 Å². The van der Waals surface area contributed by atoms with Gasteiger partial charge in [0.25, 0.3) is 5.91 Å². The van der Waals surface area contributed by atoms with E-state index in [9.17, 15) is 9.59 Å². The van der Waals surface area contributed by atoms with Crippen molar-refractivity contribution in [1.29, 1.82) is 0 Å². The molecule has 0 unspecified atom stereocenters. The third-order valence-corrected chi connectivity index (χ3v) is 4.39. The van der Waals surface area contributed by atoms with E-state index in [1.165, 1.54) is 6.07 Å². The molecule has 1 aliphatic rings. The number of carbonyl (C=O) groups is 2. The van der Waals surface area contributed by atoms with Crippen LogP contribution in [0.1, 0.15) is 10.5 Å². The Bertz CT molecular complexity index is 772. The molecule has 0 bridgehead atoms. The number of morpholine rings is 1. The number of hydrogen-bond donors (Lipinski definition) is 2. The molecule has 2 heterocycles. The fourth-order valence-electron chi connectivity index (χ4n) is 2.62. The molecule has 0 saturated carbocycles. The first-order valence-electron chi connectivity index (χ1n) is 8.69. The number of benzene rings is 1. The number of halogens is 1. The summed E-state index contributed by atoms with van der Waals surface area (Å²) >= 11 is 5.85. The monoisotopic (exact) mass is 392 g/mol. The number of rotatable bonds is 7. The van der Waals surface area contributed by atoms with Crippen molar-refractivity contribution >= 4 is 23.4 Å². The van der Waals surface area contributed by atoms with E-state index in [0.717, 1.165) is 38.4 Å².